The summed E-state index contributed by atoms with van der Waals surface area (Å²) in [5, 5.41) is 0. The molecule has 0 bridgehead atoms. The molecule has 2 atom stereocenters. The lowest BCUT2D eigenvalue weighted by Crippen LogP contribution is -2.48. The van der Waals surface area contributed by atoms with Crippen LogP contribution < -0.4 is 4.74 Å². The summed E-state index contributed by atoms with van der Waals surface area (Å²) in [5.41, 5.74) is 0.185. The van der Waals surface area contributed by atoms with Gasteiger partial charge in [0, 0.05) is 13.1 Å². The fraction of sp³-hybridized carbons (Fsp3) is 0.316. The molecule has 2 aromatic carbocycles. The molecule has 1 aliphatic heterocycles. The number of nitrogens with zero attached hydrogens (tertiary/aromatic N) is 1. The monoisotopic (exact) mass is 375 g/mol. The zero-order chi connectivity index (χ0) is 18.7. The summed E-state index contributed by atoms with van der Waals surface area (Å²) in [4.78, 5) is 12.4. The quantitative estimate of drug-likeness (QED) is 0.607. The number of carbonyl (C=O) groups is 1. The van der Waals surface area contributed by atoms with Crippen LogP contribution >= 0.6 is 0 Å². The molecule has 26 heavy (non-hydrogen) atoms. The van der Waals surface area contributed by atoms with Gasteiger partial charge in [0.15, 0.2) is 0 Å². The van der Waals surface area contributed by atoms with E-state index in [0.717, 1.165) is 0 Å². The van der Waals surface area contributed by atoms with Crippen molar-refractivity contribution in [1.82, 2.24) is 4.31 Å². The topological polar surface area (TPSA) is 72.9 Å². The average molecular weight is 375 g/mol. The number of esters is 1. The Labute approximate surface area is 153 Å². The maximum absolute atomic E-state index is 12.9. The third-order valence-corrected chi connectivity index (χ3v) is 5.88. The molecule has 2 aromatic rings. The summed E-state index contributed by atoms with van der Waals surface area (Å²) in [7, 11) is -3.71. The van der Waals surface area contributed by atoms with Gasteiger partial charge in [-0.3, -0.25) is 0 Å². The van der Waals surface area contributed by atoms with Crippen molar-refractivity contribution in [3.63, 3.8) is 0 Å². The number of carbonyl (C=O) groups excluding carboxylic acids is 1. The molecule has 0 unspecified atom stereocenters. The fourth-order valence-electron chi connectivity index (χ4n) is 2.91. The van der Waals surface area contributed by atoms with Crippen molar-refractivity contribution in [2.45, 2.75) is 31.0 Å². The Morgan fingerprint density at radius 1 is 1.04 bits per heavy atom. The molecule has 0 aliphatic carbocycles. The molecule has 1 fully saturated rings. The van der Waals surface area contributed by atoms with Crippen molar-refractivity contribution >= 4 is 16.0 Å². The number of benzene rings is 2. The van der Waals surface area contributed by atoms with Crippen LogP contribution in [-0.4, -0.2) is 44.0 Å². The van der Waals surface area contributed by atoms with E-state index in [1.54, 1.807) is 30.3 Å². The van der Waals surface area contributed by atoms with Crippen molar-refractivity contribution < 1.29 is 22.7 Å². The van der Waals surface area contributed by atoms with Crippen LogP contribution in [0.2, 0.25) is 0 Å². The van der Waals surface area contributed by atoms with Crippen molar-refractivity contribution in [2.24, 2.45) is 0 Å². The molecule has 3 rings (SSSR count). The Bertz CT molecular complexity index is 872. The van der Waals surface area contributed by atoms with E-state index in [0.29, 0.717) is 5.75 Å². The number of sulfonamides is 1. The van der Waals surface area contributed by atoms with Gasteiger partial charge in [-0.25, -0.2) is 13.2 Å². The van der Waals surface area contributed by atoms with Gasteiger partial charge < -0.3 is 9.47 Å². The molecule has 0 N–H and O–H groups in total. The average Bonchev–Trinajstić information content (AvgIpc) is 2.62. The molecule has 0 amide bonds. The van der Waals surface area contributed by atoms with Crippen LogP contribution in [0.15, 0.2) is 59.5 Å². The maximum atomic E-state index is 12.9. The zero-order valence-electron chi connectivity index (χ0n) is 14.7. The number of hydrogen-bond donors (Lipinski definition) is 0. The summed E-state index contributed by atoms with van der Waals surface area (Å²) in [6, 6.07) is 14.6. The van der Waals surface area contributed by atoms with Gasteiger partial charge in [0.25, 0.3) is 0 Å². The molecule has 1 saturated heterocycles. The Kier molecular flexibility index (Phi) is 5.41. The van der Waals surface area contributed by atoms with Gasteiger partial charge in [0.2, 0.25) is 10.0 Å². The molecule has 7 heteroatoms. The number of para-hydroxylation sites is 1. The van der Waals surface area contributed by atoms with Crippen LogP contribution in [0.4, 0.5) is 0 Å². The lowest BCUT2D eigenvalue weighted by atomic mass is 10.2. The van der Waals surface area contributed by atoms with Gasteiger partial charge >= 0.3 is 5.97 Å². The minimum absolute atomic E-state index is 0.0707. The minimum atomic E-state index is -3.71. The Balaban J connectivity index is 1.83. The number of hydrogen-bond acceptors (Lipinski definition) is 5. The first-order valence-corrected chi connectivity index (χ1v) is 9.83. The first-order valence-electron chi connectivity index (χ1n) is 8.39. The van der Waals surface area contributed by atoms with E-state index in [4.69, 9.17) is 9.47 Å². The van der Waals surface area contributed by atoms with Gasteiger partial charge in [0.05, 0.1) is 22.7 Å². The highest BCUT2D eigenvalue weighted by atomic mass is 32.2. The van der Waals surface area contributed by atoms with E-state index < -0.39 is 16.0 Å². The van der Waals surface area contributed by atoms with Gasteiger partial charge in [-0.1, -0.05) is 24.3 Å². The molecular weight excluding hydrogens is 354 g/mol. The largest absolute Gasteiger partial charge is 0.423 e. The molecule has 138 valence electrons. The van der Waals surface area contributed by atoms with E-state index in [9.17, 15) is 13.2 Å². The number of rotatable bonds is 4. The Morgan fingerprint density at radius 3 is 2.35 bits per heavy atom. The van der Waals surface area contributed by atoms with Crippen molar-refractivity contribution in [1.29, 1.82) is 0 Å². The number of ether oxygens (including phenoxy) is 2. The van der Waals surface area contributed by atoms with Crippen LogP contribution in [0.5, 0.6) is 5.75 Å². The molecule has 6 nitrogen and oxygen atoms in total. The van der Waals surface area contributed by atoms with Crippen molar-refractivity contribution in [3.05, 3.63) is 60.2 Å². The van der Waals surface area contributed by atoms with Gasteiger partial charge in [-0.05, 0) is 44.2 Å². The number of morpholine rings is 1. The van der Waals surface area contributed by atoms with Crippen LogP contribution in [0.3, 0.4) is 0 Å². The van der Waals surface area contributed by atoms with Gasteiger partial charge in [-0.15, -0.1) is 0 Å². The second kappa shape index (κ2) is 7.57. The summed E-state index contributed by atoms with van der Waals surface area (Å²) in [5.74, 6) is -0.196. The minimum Gasteiger partial charge on any atom is -0.423 e. The second-order valence-corrected chi connectivity index (χ2v) is 8.25. The van der Waals surface area contributed by atoms with Crippen LogP contribution in [0.1, 0.15) is 24.2 Å². The highest BCUT2D eigenvalue weighted by molar-refractivity contribution is 7.89. The molecule has 0 spiro atoms. The fourth-order valence-corrected chi connectivity index (χ4v) is 4.55. The standard InChI is InChI=1S/C19H21NO5S/c1-14-12-20(13-15(2)24-14)26(22,23)18-10-6-7-16(11-18)19(21)25-17-8-4-3-5-9-17/h3-11,14-15H,12-13H2,1-2H3/t14-,15-/m1/s1. The van der Waals surface area contributed by atoms with E-state index in [-0.39, 0.29) is 35.8 Å². The SMILES string of the molecule is C[C@@H]1CN(S(=O)(=O)c2cccc(C(=O)Oc3ccccc3)c2)C[C@@H](C)O1. The maximum Gasteiger partial charge on any atom is 0.343 e. The molecule has 0 aromatic heterocycles. The zero-order valence-corrected chi connectivity index (χ0v) is 15.5. The highest BCUT2D eigenvalue weighted by Gasteiger charge is 2.32. The van der Waals surface area contributed by atoms with E-state index in [1.165, 1.54) is 22.5 Å². The first-order chi connectivity index (χ1) is 12.4. The Morgan fingerprint density at radius 2 is 1.69 bits per heavy atom. The third-order valence-electron chi connectivity index (χ3n) is 4.05. The van der Waals surface area contributed by atoms with Crippen molar-refractivity contribution in [3.8, 4) is 5.75 Å². The molecule has 0 radical (unpaired) electrons. The first kappa shape index (κ1) is 18.6. The lowest BCUT2D eigenvalue weighted by Gasteiger charge is -2.34. The summed E-state index contributed by atoms with van der Waals surface area (Å²) in [6.45, 7) is 4.24. The van der Waals surface area contributed by atoms with E-state index >= 15 is 0 Å². The predicted octanol–water partition coefficient (Wildman–Crippen LogP) is 2.70. The lowest BCUT2D eigenvalue weighted by molar-refractivity contribution is -0.0440. The highest BCUT2D eigenvalue weighted by Crippen LogP contribution is 2.22. The van der Waals surface area contributed by atoms with E-state index in [2.05, 4.69) is 0 Å². The molecular formula is C19H21NO5S. The summed E-state index contributed by atoms with van der Waals surface area (Å²) in [6.07, 6.45) is -0.362. The smallest absolute Gasteiger partial charge is 0.343 e. The predicted molar refractivity (Wildman–Crippen MR) is 96.6 cm³/mol. The van der Waals surface area contributed by atoms with Gasteiger partial charge in [-0.2, -0.15) is 4.31 Å². The molecule has 1 aliphatic rings. The van der Waals surface area contributed by atoms with Crippen LogP contribution in [0, 0.1) is 0 Å². The summed E-state index contributed by atoms with van der Waals surface area (Å²) < 4.78 is 38.1. The summed E-state index contributed by atoms with van der Waals surface area (Å²) >= 11 is 0. The van der Waals surface area contributed by atoms with E-state index in [1.807, 2.05) is 19.9 Å². The van der Waals surface area contributed by atoms with Crippen molar-refractivity contribution in [2.75, 3.05) is 13.1 Å². The third kappa shape index (κ3) is 4.12. The van der Waals surface area contributed by atoms with Crippen LogP contribution in [-0.2, 0) is 14.8 Å². The normalized spacial score (nSPS) is 21.3. The van der Waals surface area contributed by atoms with Crippen LogP contribution in [0.25, 0.3) is 0 Å². The molecule has 0 saturated carbocycles. The van der Waals surface area contributed by atoms with Gasteiger partial charge in [0.1, 0.15) is 5.75 Å². The molecule has 1 heterocycles. The Hall–Kier alpha value is -2.22. The second-order valence-electron chi connectivity index (χ2n) is 6.31.